The van der Waals surface area contributed by atoms with Gasteiger partial charge >= 0.3 is 6.03 Å². The molecule has 0 saturated carbocycles. The van der Waals surface area contributed by atoms with Gasteiger partial charge < -0.3 is 0 Å². The lowest BCUT2D eigenvalue weighted by Crippen LogP contribution is -2.48. The van der Waals surface area contributed by atoms with Gasteiger partial charge in [0, 0.05) is 28.2 Å². The largest absolute Gasteiger partial charge is 0.343 e. The average molecular weight is 146 g/mol. The fourth-order valence-electron chi connectivity index (χ4n) is 0.431. The molecular formula is C5H14N4O. The third-order valence-corrected chi connectivity index (χ3v) is 0.650. The summed E-state index contributed by atoms with van der Waals surface area (Å²) < 4.78 is 0. The highest BCUT2D eigenvalue weighted by molar-refractivity contribution is 5.72. The molecule has 0 aliphatic rings. The molecular weight excluding hydrogens is 132 g/mol. The number of hydrogen-bond donors (Lipinski definition) is 2. The average Bonchev–Trinajstić information content (AvgIpc) is 1.58. The zero-order valence-corrected chi connectivity index (χ0v) is 6.80. The van der Waals surface area contributed by atoms with Crippen LogP contribution in [0.25, 0.3) is 0 Å². The van der Waals surface area contributed by atoms with E-state index in [1.807, 2.05) is 0 Å². The van der Waals surface area contributed by atoms with Crippen molar-refractivity contribution >= 4 is 6.03 Å². The normalized spacial score (nSPS) is 10.2. The summed E-state index contributed by atoms with van der Waals surface area (Å²) in [6.45, 7) is 0. The topological polar surface area (TPSA) is 47.6 Å². The minimum absolute atomic E-state index is 0.241. The maximum absolute atomic E-state index is 10.8. The highest BCUT2D eigenvalue weighted by atomic mass is 16.2. The molecule has 0 unspecified atom stereocenters. The van der Waals surface area contributed by atoms with Crippen molar-refractivity contribution in [2.75, 3.05) is 28.2 Å². The van der Waals surface area contributed by atoms with Crippen molar-refractivity contribution in [3.05, 3.63) is 0 Å². The molecule has 60 valence electrons. The van der Waals surface area contributed by atoms with Gasteiger partial charge in [-0.15, -0.1) is 0 Å². The maximum atomic E-state index is 10.8. The van der Waals surface area contributed by atoms with Crippen LogP contribution in [0.2, 0.25) is 0 Å². The van der Waals surface area contributed by atoms with Crippen molar-refractivity contribution < 1.29 is 4.79 Å². The Balaban J connectivity index is 3.44. The second kappa shape index (κ2) is 4.08. The lowest BCUT2D eigenvalue weighted by Gasteiger charge is -2.16. The van der Waals surface area contributed by atoms with E-state index in [4.69, 9.17) is 0 Å². The molecule has 0 fully saturated rings. The number of rotatable bonds is 2. The summed E-state index contributed by atoms with van der Waals surface area (Å²) in [6.07, 6.45) is 0. The van der Waals surface area contributed by atoms with Crippen LogP contribution in [0.4, 0.5) is 4.79 Å². The minimum Gasteiger partial charge on any atom is -0.270 e. The standard InChI is InChI=1S/C5H14N4O/c1-8(2)6-5(10)7-9(3)4/h1-4H3,(H2,6,7,10). The molecule has 0 aliphatic heterocycles. The van der Waals surface area contributed by atoms with Crippen LogP contribution in [-0.4, -0.2) is 44.2 Å². The van der Waals surface area contributed by atoms with Crippen molar-refractivity contribution in [2.24, 2.45) is 0 Å². The lowest BCUT2D eigenvalue weighted by atomic mass is 11.0. The van der Waals surface area contributed by atoms with Crippen molar-refractivity contribution in [2.45, 2.75) is 0 Å². The molecule has 0 bridgehead atoms. The Labute approximate surface area is 60.9 Å². The van der Waals surface area contributed by atoms with Crippen LogP contribution in [0, 0.1) is 0 Å². The first-order valence-electron chi connectivity index (χ1n) is 2.94. The van der Waals surface area contributed by atoms with Gasteiger partial charge in [-0.1, -0.05) is 0 Å². The lowest BCUT2D eigenvalue weighted by molar-refractivity contribution is 0.186. The van der Waals surface area contributed by atoms with Gasteiger partial charge in [0.05, 0.1) is 0 Å². The van der Waals surface area contributed by atoms with Crippen LogP contribution in [0.3, 0.4) is 0 Å². The highest BCUT2D eigenvalue weighted by Gasteiger charge is 1.99. The van der Waals surface area contributed by atoms with Crippen LogP contribution < -0.4 is 10.9 Å². The third kappa shape index (κ3) is 5.33. The fraction of sp³-hybridized carbons (Fsp3) is 0.800. The maximum Gasteiger partial charge on any atom is 0.343 e. The molecule has 0 heterocycles. The van der Waals surface area contributed by atoms with Crippen LogP contribution >= 0.6 is 0 Å². The van der Waals surface area contributed by atoms with E-state index in [9.17, 15) is 4.79 Å². The summed E-state index contributed by atoms with van der Waals surface area (Å²) in [4.78, 5) is 10.8. The van der Waals surface area contributed by atoms with Gasteiger partial charge in [-0.2, -0.15) is 0 Å². The predicted molar refractivity (Wildman–Crippen MR) is 39.0 cm³/mol. The summed E-state index contributed by atoms with van der Waals surface area (Å²) in [6, 6.07) is -0.241. The Morgan fingerprint density at radius 1 is 1.00 bits per heavy atom. The summed E-state index contributed by atoms with van der Waals surface area (Å²) >= 11 is 0. The van der Waals surface area contributed by atoms with Crippen LogP contribution in [-0.2, 0) is 0 Å². The van der Waals surface area contributed by atoms with E-state index in [2.05, 4.69) is 10.9 Å². The molecule has 0 spiro atoms. The number of hydrogen-bond acceptors (Lipinski definition) is 3. The van der Waals surface area contributed by atoms with E-state index in [1.165, 1.54) is 0 Å². The Hall–Kier alpha value is -0.810. The minimum atomic E-state index is -0.241. The zero-order valence-electron chi connectivity index (χ0n) is 6.80. The molecule has 10 heavy (non-hydrogen) atoms. The Bertz CT molecular complexity index is 100. The molecule has 0 saturated heterocycles. The van der Waals surface area contributed by atoms with Crippen LogP contribution in [0.5, 0.6) is 0 Å². The van der Waals surface area contributed by atoms with Crippen molar-refractivity contribution in [1.29, 1.82) is 0 Å². The Kier molecular flexibility index (Phi) is 3.75. The van der Waals surface area contributed by atoms with Gasteiger partial charge in [0.1, 0.15) is 0 Å². The number of nitrogens with zero attached hydrogens (tertiary/aromatic N) is 2. The molecule has 0 radical (unpaired) electrons. The fourth-order valence-corrected chi connectivity index (χ4v) is 0.431. The van der Waals surface area contributed by atoms with E-state index in [0.29, 0.717) is 0 Å². The monoisotopic (exact) mass is 146 g/mol. The molecule has 5 nitrogen and oxygen atoms in total. The van der Waals surface area contributed by atoms with Gasteiger partial charge in [0.15, 0.2) is 0 Å². The van der Waals surface area contributed by atoms with Gasteiger partial charge in [-0.25, -0.2) is 14.8 Å². The van der Waals surface area contributed by atoms with Gasteiger partial charge in [-0.05, 0) is 0 Å². The van der Waals surface area contributed by atoms with Crippen molar-refractivity contribution in [3.8, 4) is 0 Å². The molecule has 0 aromatic rings. The molecule has 0 aliphatic carbocycles. The van der Waals surface area contributed by atoms with E-state index < -0.39 is 0 Å². The third-order valence-electron chi connectivity index (χ3n) is 0.650. The predicted octanol–water partition coefficient (Wildman–Crippen LogP) is -0.761. The summed E-state index contributed by atoms with van der Waals surface area (Å²) in [5.74, 6) is 0. The van der Waals surface area contributed by atoms with E-state index >= 15 is 0 Å². The van der Waals surface area contributed by atoms with Gasteiger partial charge in [-0.3, -0.25) is 10.9 Å². The van der Waals surface area contributed by atoms with Crippen LogP contribution in [0.1, 0.15) is 0 Å². The number of amides is 2. The quantitative estimate of drug-likeness (QED) is 0.503. The molecule has 2 N–H and O–H groups in total. The number of nitrogens with one attached hydrogen (secondary N) is 2. The summed E-state index contributed by atoms with van der Waals surface area (Å²) in [5, 5.41) is 3.14. The molecule has 0 aromatic carbocycles. The van der Waals surface area contributed by atoms with Gasteiger partial charge in [0.25, 0.3) is 0 Å². The molecule has 0 rings (SSSR count). The second-order valence-corrected chi connectivity index (χ2v) is 2.34. The second-order valence-electron chi connectivity index (χ2n) is 2.34. The number of hydrazine groups is 2. The summed E-state index contributed by atoms with van der Waals surface area (Å²) in [5.41, 5.74) is 5.03. The Morgan fingerprint density at radius 3 is 1.50 bits per heavy atom. The van der Waals surface area contributed by atoms with E-state index in [0.717, 1.165) is 0 Å². The number of carbonyl (C=O) groups is 1. The van der Waals surface area contributed by atoms with E-state index in [-0.39, 0.29) is 6.03 Å². The number of urea groups is 1. The Morgan fingerprint density at radius 2 is 1.30 bits per heavy atom. The first kappa shape index (κ1) is 9.19. The summed E-state index contributed by atoms with van der Waals surface area (Å²) in [7, 11) is 6.98. The van der Waals surface area contributed by atoms with Crippen molar-refractivity contribution in [1.82, 2.24) is 20.9 Å². The van der Waals surface area contributed by atoms with Gasteiger partial charge in [0.2, 0.25) is 0 Å². The molecule has 2 amide bonds. The molecule has 0 atom stereocenters. The van der Waals surface area contributed by atoms with E-state index in [1.54, 1.807) is 38.2 Å². The number of carbonyl (C=O) groups excluding carboxylic acids is 1. The zero-order chi connectivity index (χ0) is 8.15. The highest BCUT2D eigenvalue weighted by Crippen LogP contribution is 1.68. The smallest absolute Gasteiger partial charge is 0.270 e. The first-order valence-corrected chi connectivity index (χ1v) is 2.94. The SMILES string of the molecule is CN(C)NC(=O)NN(C)C. The molecule has 0 aromatic heterocycles. The molecule has 5 heteroatoms. The van der Waals surface area contributed by atoms with Crippen LogP contribution in [0.15, 0.2) is 0 Å². The first-order chi connectivity index (χ1) is 4.52. The van der Waals surface area contributed by atoms with Crippen molar-refractivity contribution in [3.63, 3.8) is 0 Å².